The number of carbonyl (C=O) groups excluding carboxylic acids is 2. The molecule has 1 aliphatic rings. The van der Waals surface area contributed by atoms with Gasteiger partial charge < -0.3 is 25.2 Å². The molecule has 0 bridgehead atoms. The molecular weight excluding hydrogens is 436 g/mol. The number of amides is 3. The lowest BCUT2D eigenvalue weighted by Crippen LogP contribution is -2.49. The van der Waals surface area contributed by atoms with E-state index < -0.39 is 0 Å². The van der Waals surface area contributed by atoms with Crippen LogP contribution in [0.5, 0.6) is 5.75 Å². The van der Waals surface area contributed by atoms with Gasteiger partial charge in [-0.05, 0) is 24.3 Å². The lowest BCUT2D eigenvalue weighted by molar-refractivity contribution is -0.131. The number of hydrogen-bond acceptors (Lipinski definition) is 7. The van der Waals surface area contributed by atoms with Crippen molar-refractivity contribution in [3.05, 3.63) is 61.2 Å². The SMILES string of the molecule is O=C(NCCC(=O)N1CCN(c2ncccn2)CC1)Nc1cccc(OCCn2cccn2)c1. The molecule has 3 heterocycles. The van der Waals surface area contributed by atoms with Crippen LogP contribution >= 0.6 is 0 Å². The van der Waals surface area contributed by atoms with Crippen molar-refractivity contribution in [2.45, 2.75) is 13.0 Å². The van der Waals surface area contributed by atoms with Gasteiger partial charge in [0.2, 0.25) is 11.9 Å². The van der Waals surface area contributed by atoms with Crippen LogP contribution in [-0.4, -0.2) is 75.9 Å². The highest BCUT2D eigenvalue weighted by atomic mass is 16.5. The van der Waals surface area contributed by atoms with E-state index in [0.717, 1.165) is 0 Å². The van der Waals surface area contributed by atoms with Gasteiger partial charge in [0.05, 0.1) is 6.54 Å². The first-order valence-corrected chi connectivity index (χ1v) is 11.2. The molecule has 3 aromatic rings. The minimum absolute atomic E-state index is 0.0153. The lowest BCUT2D eigenvalue weighted by Gasteiger charge is -2.34. The molecule has 11 nitrogen and oxygen atoms in total. The number of hydrogen-bond donors (Lipinski definition) is 2. The van der Waals surface area contributed by atoms with Crippen LogP contribution in [0, 0.1) is 0 Å². The maximum absolute atomic E-state index is 12.5. The zero-order valence-corrected chi connectivity index (χ0v) is 18.8. The molecule has 3 amide bonds. The Labute approximate surface area is 197 Å². The molecule has 1 saturated heterocycles. The molecular formula is C23H28N8O3. The Morgan fingerprint density at radius 3 is 2.59 bits per heavy atom. The average Bonchev–Trinajstić information content (AvgIpc) is 3.38. The molecule has 178 valence electrons. The number of rotatable bonds is 9. The molecule has 2 N–H and O–H groups in total. The van der Waals surface area contributed by atoms with Gasteiger partial charge in [-0.25, -0.2) is 14.8 Å². The Hall–Kier alpha value is -4.15. The fraction of sp³-hybridized carbons (Fsp3) is 0.348. The van der Waals surface area contributed by atoms with E-state index in [1.807, 2.05) is 29.3 Å². The molecule has 34 heavy (non-hydrogen) atoms. The summed E-state index contributed by atoms with van der Waals surface area (Å²) < 4.78 is 7.51. The smallest absolute Gasteiger partial charge is 0.319 e. The molecule has 0 spiro atoms. The molecule has 1 aliphatic heterocycles. The van der Waals surface area contributed by atoms with Gasteiger partial charge in [0.15, 0.2) is 0 Å². The van der Waals surface area contributed by atoms with Crippen molar-refractivity contribution in [1.82, 2.24) is 30.0 Å². The van der Waals surface area contributed by atoms with E-state index in [2.05, 4.69) is 30.6 Å². The van der Waals surface area contributed by atoms with E-state index in [1.165, 1.54) is 0 Å². The van der Waals surface area contributed by atoms with E-state index in [1.54, 1.807) is 41.5 Å². The Morgan fingerprint density at radius 1 is 1.00 bits per heavy atom. The van der Waals surface area contributed by atoms with Crippen LogP contribution in [0.15, 0.2) is 61.2 Å². The predicted molar refractivity (Wildman–Crippen MR) is 127 cm³/mol. The number of nitrogens with zero attached hydrogens (tertiary/aromatic N) is 6. The van der Waals surface area contributed by atoms with Crippen LogP contribution in [0.1, 0.15) is 6.42 Å². The van der Waals surface area contributed by atoms with Gasteiger partial charge >= 0.3 is 6.03 Å². The third-order valence-corrected chi connectivity index (χ3v) is 5.33. The first-order chi connectivity index (χ1) is 16.7. The Balaban J connectivity index is 1.14. The Kier molecular flexibility index (Phi) is 7.88. The molecule has 0 saturated carbocycles. The third kappa shape index (κ3) is 6.67. The molecule has 1 fully saturated rings. The number of anilines is 2. The second kappa shape index (κ2) is 11.6. The molecule has 0 aliphatic carbocycles. The van der Waals surface area contributed by atoms with Crippen LogP contribution in [0.4, 0.5) is 16.4 Å². The first kappa shape index (κ1) is 23.0. The fourth-order valence-corrected chi connectivity index (χ4v) is 3.58. The standard InChI is InChI=1S/C23H28N8O3/c32-21(29-12-14-30(15-13-29)22-24-7-2-8-25-22)6-10-26-23(33)28-19-4-1-5-20(18-19)34-17-16-31-11-3-9-27-31/h1-5,7-9,11,18H,6,10,12-17H2,(H2,26,28,33). The van der Waals surface area contributed by atoms with E-state index in [-0.39, 0.29) is 24.9 Å². The quantitative estimate of drug-likeness (QED) is 0.494. The second-order valence-corrected chi connectivity index (χ2v) is 7.69. The minimum Gasteiger partial charge on any atom is -0.492 e. The molecule has 0 unspecified atom stereocenters. The Morgan fingerprint density at radius 2 is 1.82 bits per heavy atom. The monoisotopic (exact) mass is 464 g/mol. The number of benzene rings is 1. The van der Waals surface area contributed by atoms with Gasteiger partial charge in [0.25, 0.3) is 0 Å². The van der Waals surface area contributed by atoms with E-state index in [9.17, 15) is 9.59 Å². The van der Waals surface area contributed by atoms with Gasteiger partial charge in [0.1, 0.15) is 12.4 Å². The van der Waals surface area contributed by atoms with E-state index in [4.69, 9.17) is 4.74 Å². The summed E-state index contributed by atoms with van der Waals surface area (Å²) >= 11 is 0. The molecule has 0 atom stereocenters. The number of ether oxygens (including phenoxy) is 1. The van der Waals surface area contributed by atoms with E-state index >= 15 is 0 Å². The summed E-state index contributed by atoms with van der Waals surface area (Å²) in [4.78, 5) is 37.1. The van der Waals surface area contributed by atoms with Crippen LogP contribution in [0.25, 0.3) is 0 Å². The Bertz CT molecular complexity index is 1050. The average molecular weight is 465 g/mol. The maximum Gasteiger partial charge on any atom is 0.319 e. The third-order valence-electron chi connectivity index (χ3n) is 5.33. The van der Waals surface area contributed by atoms with Crippen LogP contribution < -0.4 is 20.3 Å². The summed E-state index contributed by atoms with van der Waals surface area (Å²) in [5, 5.41) is 9.64. The highest BCUT2D eigenvalue weighted by Gasteiger charge is 2.22. The molecule has 11 heteroatoms. The van der Waals surface area contributed by atoms with Crippen molar-refractivity contribution in [3.63, 3.8) is 0 Å². The van der Waals surface area contributed by atoms with Gasteiger partial charge in [-0.2, -0.15) is 5.10 Å². The number of urea groups is 1. The van der Waals surface area contributed by atoms with Crippen LogP contribution in [0.2, 0.25) is 0 Å². The molecule has 1 aromatic carbocycles. The summed E-state index contributed by atoms with van der Waals surface area (Å²) in [7, 11) is 0. The number of piperazine rings is 1. The molecule has 0 radical (unpaired) electrons. The van der Waals surface area contributed by atoms with Gasteiger partial charge in [0, 0.05) is 75.7 Å². The largest absolute Gasteiger partial charge is 0.492 e. The summed E-state index contributed by atoms with van der Waals surface area (Å²) in [6.07, 6.45) is 7.26. The van der Waals surface area contributed by atoms with Crippen LogP contribution in [-0.2, 0) is 11.3 Å². The number of aromatic nitrogens is 4. The molecule has 2 aromatic heterocycles. The zero-order chi connectivity index (χ0) is 23.6. The lowest BCUT2D eigenvalue weighted by atomic mass is 10.3. The first-order valence-electron chi connectivity index (χ1n) is 11.2. The topological polar surface area (TPSA) is 118 Å². The van der Waals surface area contributed by atoms with Crippen molar-refractivity contribution in [1.29, 1.82) is 0 Å². The van der Waals surface area contributed by atoms with Crippen molar-refractivity contribution in [2.24, 2.45) is 0 Å². The fourth-order valence-electron chi connectivity index (χ4n) is 3.58. The number of nitrogens with one attached hydrogen (secondary N) is 2. The molecule has 4 rings (SSSR count). The predicted octanol–water partition coefficient (Wildman–Crippen LogP) is 1.61. The van der Waals surface area contributed by atoms with Gasteiger partial charge in [-0.15, -0.1) is 0 Å². The van der Waals surface area contributed by atoms with Crippen molar-refractivity contribution >= 4 is 23.6 Å². The maximum atomic E-state index is 12.5. The summed E-state index contributed by atoms with van der Waals surface area (Å²) in [5.74, 6) is 1.35. The normalized spacial score (nSPS) is 13.4. The van der Waals surface area contributed by atoms with Gasteiger partial charge in [-0.1, -0.05) is 6.07 Å². The second-order valence-electron chi connectivity index (χ2n) is 7.69. The highest BCUT2D eigenvalue weighted by molar-refractivity contribution is 5.89. The van der Waals surface area contributed by atoms with E-state index in [0.29, 0.717) is 56.7 Å². The summed E-state index contributed by atoms with van der Waals surface area (Å²) in [6.45, 7) is 3.94. The van der Waals surface area contributed by atoms with Crippen molar-refractivity contribution in [3.8, 4) is 5.75 Å². The summed E-state index contributed by atoms with van der Waals surface area (Å²) in [5.41, 5.74) is 0.611. The highest BCUT2D eigenvalue weighted by Crippen LogP contribution is 2.17. The minimum atomic E-state index is -0.368. The van der Waals surface area contributed by atoms with Gasteiger partial charge in [-0.3, -0.25) is 9.48 Å². The zero-order valence-electron chi connectivity index (χ0n) is 18.8. The van der Waals surface area contributed by atoms with Crippen LogP contribution in [0.3, 0.4) is 0 Å². The number of carbonyl (C=O) groups is 2. The van der Waals surface area contributed by atoms with Crippen molar-refractivity contribution < 1.29 is 14.3 Å². The van der Waals surface area contributed by atoms with Crippen molar-refractivity contribution in [2.75, 3.05) is 49.5 Å². The summed E-state index contributed by atoms with van der Waals surface area (Å²) in [6, 6.07) is 10.4.